The third-order valence-electron chi connectivity index (χ3n) is 3.74. The van der Waals surface area contributed by atoms with E-state index in [1.54, 1.807) is 0 Å². The van der Waals surface area contributed by atoms with E-state index in [2.05, 4.69) is 20.1 Å². The fraction of sp³-hybridized carbons (Fsp3) is 1.00. The summed E-state index contributed by atoms with van der Waals surface area (Å²) in [7, 11) is 0. The van der Waals surface area contributed by atoms with Crippen LogP contribution in [0.4, 0.5) is 0 Å². The average Bonchev–Trinajstić information content (AvgIpc) is 2.16. The highest BCUT2D eigenvalue weighted by molar-refractivity contribution is 7.98. The second-order valence-corrected chi connectivity index (χ2v) is 5.59. The van der Waals surface area contributed by atoms with Crippen molar-refractivity contribution in [2.24, 2.45) is 17.8 Å². The Labute approximate surface area is 87.9 Å². The van der Waals surface area contributed by atoms with Crippen LogP contribution < -0.4 is 0 Å². The minimum absolute atomic E-state index is 1.01. The van der Waals surface area contributed by atoms with Gasteiger partial charge in [0.25, 0.3) is 0 Å². The molecule has 0 aromatic heterocycles. The molecule has 1 fully saturated rings. The molecule has 1 aliphatic carbocycles. The molecule has 1 heteroatoms. The molecule has 0 N–H and O–H groups in total. The van der Waals surface area contributed by atoms with Gasteiger partial charge in [-0.3, -0.25) is 0 Å². The summed E-state index contributed by atoms with van der Waals surface area (Å²) in [5, 5.41) is 0. The Balaban J connectivity index is 2.15. The number of rotatable bonds is 6. The summed E-state index contributed by atoms with van der Waals surface area (Å²) in [5.41, 5.74) is 0. The lowest BCUT2D eigenvalue weighted by Gasteiger charge is -2.36. The van der Waals surface area contributed by atoms with Crippen molar-refractivity contribution >= 4 is 11.8 Å². The van der Waals surface area contributed by atoms with E-state index < -0.39 is 0 Å². The van der Waals surface area contributed by atoms with Gasteiger partial charge in [-0.15, -0.1) is 0 Å². The summed E-state index contributed by atoms with van der Waals surface area (Å²) in [6.07, 6.45) is 9.57. The summed E-state index contributed by atoms with van der Waals surface area (Å²) in [6, 6.07) is 0. The fourth-order valence-electron chi connectivity index (χ4n) is 2.29. The van der Waals surface area contributed by atoms with Crippen molar-refractivity contribution in [3.8, 4) is 0 Å². The van der Waals surface area contributed by atoms with Gasteiger partial charge >= 0.3 is 0 Å². The number of hydrogen-bond donors (Lipinski definition) is 0. The Morgan fingerprint density at radius 3 is 2.54 bits per heavy atom. The van der Waals surface area contributed by atoms with E-state index in [-0.39, 0.29) is 0 Å². The van der Waals surface area contributed by atoms with E-state index in [1.165, 1.54) is 37.9 Å². The van der Waals surface area contributed by atoms with Crippen LogP contribution in [0.2, 0.25) is 0 Å². The molecule has 78 valence electrons. The van der Waals surface area contributed by atoms with E-state index in [0.717, 1.165) is 17.8 Å². The highest BCUT2D eigenvalue weighted by Crippen LogP contribution is 2.39. The maximum Gasteiger partial charge on any atom is -0.00677 e. The molecule has 1 aliphatic rings. The summed E-state index contributed by atoms with van der Waals surface area (Å²) < 4.78 is 0. The molecule has 0 bridgehead atoms. The molecule has 0 nitrogen and oxygen atoms in total. The molecule has 0 radical (unpaired) electrons. The minimum atomic E-state index is 1.01. The van der Waals surface area contributed by atoms with Crippen molar-refractivity contribution in [2.45, 2.75) is 46.0 Å². The van der Waals surface area contributed by atoms with Gasteiger partial charge in [0.1, 0.15) is 0 Å². The normalized spacial score (nSPS) is 29.8. The Morgan fingerprint density at radius 2 is 2.15 bits per heavy atom. The molecule has 0 aliphatic heterocycles. The summed E-state index contributed by atoms with van der Waals surface area (Å²) in [5.74, 6) is 4.48. The molecule has 13 heavy (non-hydrogen) atoms. The van der Waals surface area contributed by atoms with E-state index in [9.17, 15) is 0 Å². The largest absolute Gasteiger partial charge is 0.165 e. The molecule has 3 atom stereocenters. The van der Waals surface area contributed by atoms with Crippen molar-refractivity contribution in [1.82, 2.24) is 0 Å². The summed E-state index contributed by atoms with van der Waals surface area (Å²) in [4.78, 5) is 0. The number of hydrogen-bond acceptors (Lipinski definition) is 1. The van der Waals surface area contributed by atoms with Gasteiger partial charge in [-0.2, -0.15) is 11.8 Å². The molecule has 1 rings (SSSR count). The third-order valence-corrected chi connectivity index (χ3v) is 4.39. The lowest BCUT2D eigenvalue weighted by Crippen LogP contribution is -2.25. The van der Waals surface area contributed by atoms with Crippen LogP contribution in [0.3, 0.4) is 0 Å². The van der Waals surface area contributed by atoms with E-state index >= 15 is 0 Å². The second-order valence-electron chi connectivity index (χ2n) is 4.61. The van der Waals surface area contributed by atoms with Gasteiger partial charge in [-0.25, -0.2) is 0 Å². The molecule has 0 aromatic rings. The molecule has 0 amide bonds. The maximum absolute atomic E-state index is 2.43. The first-order valence-corrected chi connectivity index (χ1v) is 7.16. The second kappa shape index (κ2) is 5.95. The van der Waals surface area contributed by atoms with Crippen LogP contribution in [0.25, 0.3) is 0 Å². The first-order chi connectivity index (χ1) is 6.27. The van der Waals surface area contributed by atoms with Crippen LogP contribution in [-0.4, -0.2) is 12.0 Å². The molecular formula is C12H24S. The monoisotopic (exact) mass is 200 g/mol. The Bertz CT molecular complexity index is 133. The van der Waals surface area contributed by atoms with Gasteiger partial charge in [-0.05, 0) is 49.0 Å². The smallest absolute Gasteiger partial charge is 0.00677 e. The standard InChI is InChI=1S/C12H24S/c1-4-11(7-8-13-3)9-12-6-5-10(12)2/h10-12H,4-9H2,1-3H3/t10-,11?,12?/m1/s1. The maximum atomic E-state index is 2.43. The quantitative estimate of drug-likeness (QED) is 0.619. The van der Waals surface area contributed by atoms with Gasteiger partial charge in [0.15, 0.2) is 0 Å². The molecule has 0 spiro atoms. The van der Waals surface area contributed by atoms with E-state index in [4.69, 9.17) is 0 Å². The fourth-order valence-corrected chi connectivity index (χ4v) is 2.86. The van der Waals surface area contributed by atoms with Gasteiger partial charge in [0.05, 0.1) is 0 Å². The zero-order valence-electron chi connectivity index (χ0n) is 9.38. The van der Waals surface area contributed by atoms with Crippen LogP contribution in [0.15, 0.2) is 0 Å². The predicted molar refractivity (Wildman–Crippen MR) is 63.3 cm³/mol. The lowest BCUT2D eigenvalue weighted by atomic mass is 9.70. The van der Waals surface area contributed by atoms with Crippen molar-refractivity contribution in [3.63, 3.8) is 0 Å². The van der Waals surface area contributed by atoms with Crippen LogP contribution in [-0.2, 0) is 0 Å². The first-order valence-electron chi connectivity index (χ1n) is 5.76. The first kappa shape index (κ1) is 11.4. The zero-order valence-corrected chi connectivity index (χ0v) is 10.2. The average molecular weight is 200 g/mol. The molecule has 2 unspecified atom stereocenters. The predicted octanol–water partition coefficient (Wildman–Crippen LogP) is 4.20. The van der Waals surface area contributed by atoms with Crippen LogP contribution in [0, 0.1) is 17.8 Å². The Hall–Kier alpha value is 0.350. The number of thioether (sulfide) groups is 1. The van der Waals surface area contributed by atoms with Gasteiger partial charge in [-0.1, -0.05) is 26.7 Å². The summed E-state index contributed by atoms with van der Waals surface area (Å²) >= 11 is 2.00. The Kier molecular flexibility index (Phi) is 5.23. The highest BCUT2D eigenvalue weighted by atomic mass is 32.2. The Morgan fingerprint density at radius 1 is 1.38 bits per heavy atom. The van der Waals surface area contributed by atoms with Gasteiger partial charge in [0.2, 0.25) is 0 Å². The van der Waals surface area contributed by atoms with Crippen LogP contribution in [0.5, 0.6) is 0 Å². The molecule has 1 saturated carbocycles. The highest BCUT2D eigenvalue weighted by Gasteiger charge is 2.28. The van der Waals surface area contributed by atoms with Crippen molar-refractivity contribution < 1.29 is 0 Å². The van der Waals surface area contributed by atoms with E-state index in [1.807, 2.05) is 11.8 Å². The molecule has 0 aromatic carbocycles. The molecule has 0 saturated heterocycles. The van der Waals surface area contributed by atoms with E-state index in [0.29, 0.717) is 0 Å². The SMILES string of the molecule is CCC(CCSC)CC1CC[C@H]1C. The van der Waals surface area contributed by atoms with Gasteiger partial charge < -0.3 is 0 Å². The van der Waals surface area contributed by atoms with Crippen LogP contribution >= 0.6 is 11.8 Å². The van der Waals surface area contributed by atoms with Crippen molar-refractivity contribution in [2.75, 3.05) is 12.0 Å². The zero-order chi connectivity index (χ0) is 9.68. The summed E-state index contributed by atoms with van der Waals surface area (Å²) in [6.45, 7) is 4.78. The molecule has 0 heterocycles. The van der Waals surface area contributed by atoms with Crippen LogP contribution in [0.1, 0.15) is 46.0 Å². The lowest BCUT2D eigenvalue weighted by molar-refractivity contribution is 0.154. The van der Waals surface area contributed by atoms with Gasteiger partial charge in [0, 0.05) is 0 Å². The topological polar surface area (TPSA) is 0 Å². The molecular weight excluding hydrogens is 176 g/mol. The van der Waals surface area contributed by atoms with Crippen molar-refractivity contribution in [3.05, 3.63) is 0 Å². The third kappa shape index (κ3) is 3.53. The minimum Gasteiger partial charge on any atom is -0.165 e. The van der Waals surface area contributed by atoms with Crippen molar-refractivity contribution in [1.29, 1.82) is 0 Å².